The van der Waals surface area contributed by atoms with Crippen LogP contribution in [0.25, 0.3) is 0 Å². The second-order valence-corrected chi connectivity index (χ2v) is 10.4. The van der Waals surface area contributed by atoms with E-state index in [2.05, 4.69) is 19.2 Å². The molecule has 3 aromatic rings. The van der Waals surface area contributed by atoms with E-state index in [9.17, 15) is 13.2 Å². The average molecular weight is 471 g/mol. The lowest BCUT2D eigenvalue weighted by Crippen LogP contribution is -2.29. The van der Waals surface area contributed by atoms with Gasteiger partial charge in [0.25, 0.3) is 5.91 Å². The molecular formula is C25H27ClN2O3S. The van der Waals surface area contributed by atoms with Crippen molar-refractivity contribution in [3.05, 3.63) is 94.0 Å². The molecule has 0 unspecified atom stereocenters. The molecule has 0 saturated heterocycles. The maximum atomic E-state index is 12.9. The fraction of sp³-hybridized carbons (Fsp3) is 0.240. The lowest BCUT2D eigenvalue weighted by atomic mass is 9.98. The predicted molar refractivity (Wildman–Crippen MR) is 132 cm³/mol. The van der Waals surface area contributed by atoms with Crippen molar-refractivity contribution in [2.75, 3.05) is 15.9 Å². The largest absolute Gasteiger partial charge is 0.321 e. The number of hydrogen-bond acceptors (Lipinski definition) is 3. The first-order chi connectivity index (χ1) is 15.1. The summed E-state index contributed by atoms with van der Waals surface area (Å²) in [5.41, 5.74) is 4.62. The molecule has 0 aromatic heterocycles. The summed E-state index contributed by atoms with van der Waals surface area (Å²) >= 11 is 5.93. The molecule has 3 aromatic carbocycles. The van der Waals surface area contributed by atoms with Crippen LogP contribution < -0.4 is 9.62 Å². The number of sulfonamides is 1. The molecule has 168 valence electrons. The SMILES string of the molecule is Cc1cccc(C(C)C)c1NC(=O)c1ccc(N(Cc2ccc(Cl)cc2)S(C)(=O)=O)cc1. The quantitative estimate of drug-likeness (QED) is 0.461. The summed E-state index contributed by atoms with van der Waals surface area (Å²) in [5, 5.41) is 3.60. The van der Waals surface area contributed by atoms with Crippen LogP contribution in [0.15, 0.2) is 66.7 Å². The molecule has 0 heterocycles. The number of nitrogens with zero attached hydrogens (tertiary/aromatic N) is 1. The number of para-hydroxylation sites is 1. The van der Waals surface area contributed by atoms with Gasteiger partial charge < -0.3 is 5.32 Å². The molecule has 0 atom stereocenters. The number of nitrogens with one attached hydrogen (secondary N) is 1. The number of benzene rings is 3. The van der Waals surface area contributed by atoms with Crippen LogP contribution in [0, 0.1) is 6.92 Å². The number of hydrogen-bond donors (Lipinski definition) is 1. The number of amides is 1. The molecule has 32 heavy (non-hydrogen) atoms. The first-order valence-corrected chi connectivity index (χ1v) is 12.5. The lowest BCUT2D eigenvalue weighted by molar-refractivity contribution is 0.102. The molecular weight excluding hydrogens is 444 g/mol. The van der Waals surface area contributed by atoms with Gasteiger partial charge in [-0.05, 0) is 65.9 Å². The summed E-state index contributed by atoms with van der Waals surface area (Å²) in [6.07, 6.45) is 1.16. The van der Waals surface area contributed by atoms with Gasteiger partial charge in [0.1, 0.15) is 0 Å². The molecule has 0 aliphatic heterocycles. The van der Waals surface area contributed by atoms with E-state index >= 15 is 0 Å². The Morgan fingerprint density at radius 3 is 2.19 bits per heavy atom. The second kappa shape index (κ2) is 9.76. The molecule has 5 nitrogen and oxygen atoms in total. The third-order valence-electron chi connectivity index (χ3n) is 5.22. The zero-order valence-corrected chi connectivity index (χ0v) is 20.2. The zero-order valence-electron chi connectivity index (χ0n) is 18.6. The van der Waals surface area contributed by atoms with E-state index in [0.29, 0.717) is 16.3 Å². The Bertz CT molecular complexity index is 1200. The van der Waals surface area contributed by atoms with Crippen molar-refractivity contribution in [1.29, 1.82) is 0 Å². The van der Waals surface area contributed by atoms with Crippen molar-refractivity contribution in [2.45, 2.75) is 33.2 Å². The molecule has 0 aliphatic rings. The Morgan fingerprint density at radius 1 is 1.00 bits per heavy atom. The number of carbonyl (C=O) groups is 1. The summed E-state index contributed by atoms with van der Waals surface area (Å²) in [4.78, 5) is 12.9. The van der Waals surface area contributed by atoms with E-state index < -0.39 is 10.0 Å². The maximum Gasteiger partial charge on any atom is 0.255 e. The summed E-state index contributed by atoms with van der Waals surface area (Å²) in [6, 6.07) is 19.5. The lowest BCUT2D eigenvalue weighted by Gasteiger charge is -2.23. The third-order valence-corrected chi connectivity index (χ3v) is 6.62. The zero-order chi connectivity index (χ0) is 23.5. The van der Waals surface area contributed by atoms with Gasteiger partial charge in [-0.25, -0.2) is 8.42 Å². The van der Waals surface area contributed by atoms with Gasteiger partial charge >= 0.3 is 0 Å². The Hall–Kier alpha value is -2.83. The maximum absolute atomic E-state index is 12.9. The van der Waals surface area contributed by atoms with Gasteiger partial charge in [0.15, 0.2) is 0 Å². The minimum absolute atomic E-state index is 0.169. The highest BCUT2D eigenvalue weighted by Gasteiger charge is 2.19. The topological polar surface area (TPSA) is 66.5 Å². The summed E-state index contributed by atoms with van der Waals surface area (Å²) in [7, 11) is -3.53. The Kier molecular flexibility index (Phi) is 7.26. The van der Waals surface area contributed by atoms with Crippen LogP contribution in [0.2, 0.25) is 5.02 Å². The molecule has 0 radical (unpaired) electrons. The highest BCUT2D eigenvalue weighted by Crippen LogP contribution is 2.28. The van der Waals surface area contributed by atoms with Crippen molar-refractivity contribution < 1.29 is 13.2 Å². The van der Waals surface area contributed by atoms with Gasteiger partial charge in [0.2, 0.25) is 10.0 Å². The highest BCUT2D eigenvalue weighted by molar-refractivity contribution is 7.92. The molecule has 0 bridgehead atoms. The monoisotopic (exact) mass is 470 g/mol. The van der Waals surface area contributed by atoms with E-state index in [1.807, 2.05) is 25.1 Å². The molecule has 0 spiro atoms. The van der Waals surface area contributed by atoms with E-state index in [1.54, 1.807) is 48.5 Å². The highest BCUT2D eigenvalue weighted by atomic mass is 35.5. The van der Waals surface area contributed by atoms with E-state index in [-0.39, 0.29) is 18.4 Å². The first kappa shape index (κ1) is 23.8. The Morgan fingerprint density at radius 2 is 1.62 bits per heavy atom. The van der Waals surface area contributed by atoms with Crippen LogP contribution in [-0.2, 0) is 16.6 Å². The van der Waals surface area contributed by atoms with Crippen LogP contribution in [0.4, 0.5) is 11.4 Å². The van der Waals surface area contributed by atoms with Crippen LogP contribution >= 0.6 is 11.6 Å². The standard InChI is InChI=1S/C25H27ClN2O3S/c1-17(2)23-7-5-6-18(3)24(23)27-25(29)20-10-14-22(15-11-20)28(32(4,30)31)16-19-8-12-21(26)13-9-19/h5-15,17H,16H2,1-4H3,(H,27,29). The van der Waals surface area contributed by atoms with Crippen LogP contribution in [-0.4, -0.2) is 20.6 Å². The van der Waals surface area contributed by atoms with Crippen molar-refractivity contribution in [2.24, 2.45) is 0 Å². The Labute approximate surface area is 195 Å². The van der Waals surface area contributed by atoms with Gasteiger partial charge in [-0.15, -0.1) is 0 Å². The van der Waals surface area contributed by atoms with E-state index in [0.717, 1.165) is 28.6 Å². The average Bonchev–Trinajstić information content (AvgIpc) is 2.74. The number of halogens is 1. The third kappa shape index (κ3) is 5.69. The van der Waals surface area contributed by atoms with Crippen molar-refractivity contribution in [3.8, 4) is 0 Å². The molecule has 1 N–H and O–H groups in total. The van der Waals surface area contributed by atoms with Crippen LogP contribution in [0.5, 0.6) is 0 Å². The molecule has 0 fully saturated rings. The molecule has 3 rings (SSSR count). The fourth-order valence-corrected chi connectivity index (χ4v) is 4.48. The van der Waals surface area contributed by atoms with E-state index in [1.165, 1.54) is 4.31 Å². The normalized spacial score (nSPS) is 11.4. The fourth-order valence-electron chi connectivity index (χ4n) is 3.46. The van der Waals surface area contributed by atoms with Gasteiger partial charge in [0.05, 0.1) is 18.5 Å². The minimum Gasteiger partial charge on any atom is -0.321 e. The van der Waals surface area contributed by atoms with Crippen molar-refractivity contribution in [3.63, 3.8) is 0 Å². The second-order valence-electron chi connectivity index (χ2n) is 8.09. The molecule has 0 saturated carbocycles. The van der Waals surface area contributed by atoms with Crippen molar-refractivity contribution >= 4 is 38.9 Å². The summed E-state index contributed by atoms with van der Waals surface area (Å²) in [6.45, 7) is 6.30. The smallest absolute Gasteiger partial charge is 0.255 e. The van der Waals surface area contributed by atoms with Crippen LogP contribution in [0.1, 0.15) is 46.8 Å². The number of carbonyl (C=O) groups excluding carboxylic acids is 1. The minimum atomic E-state index is -3.53. The van der Waals surface area contributed by atoms with E-state index in [4.69, 9.17) is 11.6 Å². The van der Waals surface area contributed by atoms with Gasteiger partial charge in [0, 0.05) is 16.3 Å². The van der Waals surface area contributed by atoms with Gasteiger partial charge in [-0.3, -0.25) is 9.10 Å². The Balaban J connectivity index is 1.84. The van der Waals surface area contributed by atoms with Crippen molar-refractivity contribution in [1.82, 2.24) is 0 Å². The molecule has 1 amide bonds. The summed E-state index contributed by atoms with van der Waals surface area (Å²) < 4.78 is 26.1. The molecule has 7 heteroatoms. The first-order valence-electron chi connectivity index (χ1n) is 10.3. The van der Waals surface area contributed by atoms with Gasteiger partial charge in [-0.1, -0.05) is 55.8 Å². The number of anilines is 2. The number of aryl methyl sites for hydroxylation is 1. The van der Waals surface area contributed by atoms with Crippen LogP contribution in [0.3, 0.4) is 0 Å². The molecule has 0 aliphatic carbocycles. The summed E-state index contributed by atoms with van der Waals surface area (Å²) in [5.74, 6) is 0.0279. The van der Waals surface area contributed by atoms with Gasteiger partial charge in [-0.2, -0.15) is 0 Å². The number of rotatable bonds is 7. The predicted octanol–water partition coefficient (Wildman–Crippen LogP) is 5.99.